The number of esters is 2. The molecule has 0 bridgehead atoms. The number of hydrogen-bond donors (Lipinski definition) is 2. The monoisotopic (exact) mass is 654 g/mol. The molecule has 0 aromatic heterocycles. The minimum absolute atomic E-state index is 0.0454. The number of nitrogens with one attached hydrogen (secondary N) is 1. The number of rotatable bonds is 11. The maximum Gasteiger partial charge on any atom is 0.306 e. The van der Waals surface area contributed by atoms with Crippen molar-refractivity contribution in [2.75, 3.05) is 11.1 Å². The molecular weight excluding hydrogens is 600 g/mol. The smallest absolute Gasteiger partial charge is 0.306 e. The van der Waals surface area contributed by atoms with Gasteiger partial charge < -0.3 is 20.5 Å². The summed E-state index contributed by atoms with van der Waals surface area (Å²) in [6.45, 7) is 13.5. The molecule has 0 aliphatic heterocycles. The molecule has 0 radical (unpaired) electrons. The highest BCUT2D eigenvalue weighted by Crippen LogP contribution is 2.50. The van der Waals surface area contributed by atoms with E-state index in [1.807, 2.05) is 65.8 Å². The zero-order valence-electron chi connectivity index (χ0n) is 29.8. The van der Waals surface area contributed by atoms with E-state index in [2.05, 4.69) is 60.8 Å². The molecule has 2 fully saturated rings. The summed E-state index contributed by atoms with van der Waals surface area (Å²) in [7, 11) is 0. The van der Waals surface area contributed by atoms with Crippen LogP contribution in [0.4, 0.5) is 11.4 Å². The fourth-order valence-electron chi connectivity index (χ4n) is 5.95. The third-order valence-electron chi connectivity index (χ3n) is 8.52. The van der Waals surface area contributed by atoms with E-state index in [-0.39, 0.29) is 23.4 Å². The lowest BCUT2D eigenvalue weighted by molar-refractivity contribution is -0.156. The summed E-state index contributed by atoms with van der Waals surface area (Å²) in [6.07, 6.45) is 5.34. The van der Waals surface area contributed by atoms with Gasteiger partial charge in [-0.25, -0.2) is 0 Å². The average molecular weight is 655 g/mol. The number of benzene rings is 3. The van der Waals surface area contributed by atoms with E-state index >= 15 is 0 Å². The van der Waals surface area contributed by atoms with Gasteiger partial charge in [0.25, 0.3) is 0 Å². The Labute approximate surface area is 287 Å². The van der Waals surface area contributed by atoms with E-state index < -0.39 is 5.60 Å². The van der Waals surface area contributed by atoms with E-state index in [1.165, 1.54) is 22.3 Å². The Hall–Kier alpha value is -4.13. The van der Waals surface area contributed by atoms with E-state index in [9.17, 15) is 14.4 Å². The van der Waals surface area contributed by atoms with Gasteiger partial charge in [-0.05, 0) is 139 Å². The van der Waals surface area contributed by atoms with Crippen LogP contribution < -0.4 is 11.1 Å². The molecule has 1 amide bonds. The van der Waals surface area contributed by atoms with E-state index in [0.717, 1.165) is 37.1 Å². The van der Waals surface area contributed by atoms with E-state index in [1.54, 1.807) is 0 Å². The highest BCUT2D eigenvalue weighted by atomic mass is 16.6. The largest absolute Gasteiger partial charge is 0.460 e. The Kier molecular flexibility index (Phi) is 12.1. The normalized spacial score (nSPS) is 19.7. The quantitative estimate of drug-likeness (QED) is 0.158. The van der Waals surface area contributed by atoms with Crippen molar-refractivity contribution in [3.8, 4) is 0 Å². The topological polar surface area (TPSA) is 108 Å². The predicted molar refractivity (Wildman–Crippen MR) is 193 cm³/mol. The van der Waals surface area contributed by atoms with Crippen LogP contribution in [0.5, 0.6) is 0 Å². The maximum atomic E-state index is 12.2. The number of carbonyl (C=O) groups excluding carboxylic acids is 3. The number of nitrogen functional groups attached to an aromatic ring is 1. The molecule has 0 spiro atoms. The summed E-state index contributed by atoms with van der Waals surface area (Å²) < 4.78 is 10.7. The van der Waals surface area contributed by atoms with Gasteiger partial charge in [-0.15, -0.1) is 0 Å². The van der Waals surface area contributed by atoms with Crippen LogP contribution in [0.15, 0.2) is 72.8 Å². The lowest BCUT2D eigenvalue weighted by atomic mass is 10.1. The van der Waals surface area contributed by atoms with Crippen molar-refractivity contribution < 1.29 is 23.9 Å². The van der Waals surface area contributed by atoms with Crippen LogP contribution in [-0.4, -0.2) is 29.0 Å². The van der Waals surface area contributed by atoms with Crippen molar-refractivity contribution in [3.05, 3.63) is 95.1 Å². The first-order valence-electron chi connectivity index (χ1n) is 17.3. The molecule has 3 aromatic rings. The second-order valence-electron chi connectivity index (χ2n) is 15.5. The predicted octanol–water partition coefficient (Wildman–Crippen LogP) is 8.90. The lowest BCUT2D eigenvalue weighted by Crippen LogP contribution is -2.24. The molecular formula is C41H54N2O5. The molecule has 0 heterocycles. The summed E-state index contributed by atoms with van der Waals surface area (Å²) in [5.41, 5.74) is 11.5. The average Bonchev–Trinajstić information content (AvgIpc) is 3.91. The minimum atomic E-state index is -0.429. The number of hydrogen-bond acceptors (Lipinski definition) is 6. The molecule has 3 aromatic carbocycles. The number of carbonyl (C=O) groups is 3. The fraction of sp³-hybridized carbons (Fsp3) is 0.488. The first kappa shape index (κ1) is 36.7. The first-order valence-corrected chi connectivity index (χ1v) is 17.3. The van der Waals surface area contributed by atoms with Crippen molar-refractivity contribution in [1.29, 1.82) is 0 Å². The van der Waals surface area contributed by atoms with E-state index in [0.29, 0.717) is 42.9 Å². The van der Waals surface area contributed by atoms with Crippen LogP contribution in [0, 0.1) is 18.8 Å². The van der Waals surface area contributed by atoms with Crippen LogP contribution in [0.3, 0.4) is 0 Å². The van der Waals surface area contributed by atoms with Crippen molar-refractivity contribution in [2.45, 2.75) is 116 Å². The molecule has 7 nitrogen and oxygen atoms in total. The Morgan fingerprint density at radius 3 is 1.62 bits per heavy atom. The third kappa shape index (κ3) is 12.8. The molecule has 2 saturated carbocycles. The van der Waals surface area contributed by atoms with Gasteiger partial charge >= 0.3 is 11.9 Å². The van der Waals surface area contributed by atoms with E-state index in [4.69, 9.17) is 15.2 Å². The van der Waals surface area contributed by atoms with Gasteiger partial charge in [0, 0.05) is 30.6 Å². The summed E-state index contributed by atoms with van der Waals surface area (Å²) in [5.74, 6) is 1.54. The highest BCUT2D eigenvalue weighted by Gasteiger charge is 2.41. The van der Waals surface area contributed by atoms with Gasteiger partial charge in [0.1, 0.15) is 11.2 Å². The van der Waals surface area contributed by atoms with Gasteiger partial charge in [-0.1, -0.05) is 54.1 Å². The zero-order chi connectivity index (χ0) is 35.1. The van der Waals surface area contributed by atoms with Crippen LogP contribution in [0.1, 0.15) is 114 Å². The Bertz CT molecular complexity index is 1520. The summed E-state index contributed by atoms with van der Waals surface area (Å²) in [5, 5.41) is 2.98. The Morgan fingerprint density at radius 2 is 1.17 bits per heavy atom. The van der Waals surface area contributed by atoms with Crippen molar-refractivity contribution in [2.24, 2.45) is 11.8 Å². The minimum Gasteiger partial charge on any atom is -0.460 e. The maximum absolute atomic E-state index is 12.2. The molecule has 4 unspecified atom stereocenters. The molecule has 2 aliphatic carbocycles. The molecule has 7 heteroatoms. The first-order chi connectivity index (χ1) is 22.5. The van der Waals surface area contributed by atoms with Crippen LogP contribution in [0.25, 0.3) is 0 Å². The zero-order valence-corrected chi connectivity index (χ0v) is 29.8. The molecule has 5 rings (SSSR count). The van der Waals surface area contributed by atoms with Gasteiger partial charge in [0.05, 0.1) is 0 Å². The van der Waals surface area contributed by atoms with Gasteiger partial charge in [0.15, 0.2) is 0 Å². The number of nitrogens with two attached hydrogens (primary N) is 1. The second kappa shape index (κ2) is 15.8. The summed E-state index contributed by atoms with van der Waals surface area (Å²) in [4.78, 5) is 35.9. The summed E-state index contributed by atoms with van der Waals surface area (Å²) >= 11 is 0. The second-order valence-corrected chi connectivity index (χ2v) is 15.5. The summed E-state index contributed by atoms with van der Waals surface area (Å²) in [6, 6.07) is 24.4. The molecule has 48 heavy (non-hydrogen) atoms. The van der Waals surface area contributed by atoms with Gasteiger partial charge in [-0.3, -0.25) is 14.4 Å². The number of ether oxygens (including phenoxy) is 2. The third-order valence-corrected chi connectivity index (χ3v) is 8.52. The standard InChI is InChI=1S/C26H33NO3.C15H21NO2/c1-18-8-10-19(11-9-18)6-5-7-24(28)27-22-14-12-20(13-15-22)23-16-21(23)17-25(29)30-26(2,3)4;1-15(2,3)18-14(17)9-11-8-13(11)10-4-6-12(16)7-5-10/h8-15,21,23H,5-7,16-17H2,1-4H3,(H,27,28);4-7,11,13H,8-9,16H2,1-3H3. The SMILES string of the molecule is CC(C)(C)OC(=O)CC1CC1c1ccc(N)cc1.Cc1ccc(CCCC(=O)Nc2ccc(C3CC3CC(=O)OC(C)(C)C)cc2)cc1. The van der Waals surface area contributed by atoms with Crippen LogP contribution >= 0.6 is 0 Å². The highest BCUT2D eigenvalue weighted by molar-refractivity contribution is 5.90. The molecule has 0 saturated heterocycles. The molecule has 3 N–H and O–H groups in total. The van der Waals surface area contributed by atoms with Crippen molar-refractivity contribution >= 4 is 29.2 Å². The van der Waals surface area contributed by atoms with Gasteiger partial charge in [0.2, 0.25) is 5.91 Å². The van der Waals surface area contributed by atoms with Gasteiger partial charge in [-0.2, -0.15) is 0 Å². The number of aryl methyl sites for hydroxylation is 2. The molecule has 4 atom stereocenters. The number of anilines is 2. The Balaban J connectivity index is 0.000000246. The van der Waals surface area contributed by atoms with Crippen molar-refractivity contribution in [1.82, 2.24) is 0 Å². The van der Waals surface area contributed by atoms with Crippen molar-refractivity contribution in [3.63, 3.8) is 0 Å². The Morgan fingerprint density at radius 1 is 0.708 bits per heavy atom. The molecule has 258 valence electrons. The van der Waals surface area contributed by atoms with Crippen LogP contribution in [-0.2, 0) is 30.3 Å². The molecule has 2 aliphatic rings. The lowest BCUT2D eigenvalue weighted by Gasteiger charge is -2.19. The fourth-order valence-corrected chi connectivity index (χ4v) is 5.95. The number of amides is 1. The van der Waals surface area contributed by atoms with Crippen LogP contribution in [0.2, 0.25) is 0 Å².